The highest BCUT2D eigenvalue weighted by Gasteiger charge is 2.09. The summed E-state index contributed by atoms with van der Waals surface area (Å²) in [7, 11) is 0. The summed E-state index contributed by atoms with van der Waals surface area (Å²) in [5.41, 5.74) is 0. The summed E-state index contributed by atoms with van der Waals surface area (Å²) in [5, 5.41) is 0. The molecule has 0 heterocycles. The van der Waals surface area contributed by atoms with Gasteiger partial charge < -0.3 is 14.2 Å². The summed E-state index contributed by atoms with van der Waals surface area (Å²) in [6.07, 6.45) is 2.10. The Morgan fingerprint density at radius 2 is 1.45 bits per heavy atom. The number of hydrogen-bond acceptors (Lipinski definition) is 4. The first-order chi connectivity index (χ1) is 10.8. The first-order valence-electron chi connectivity index (χ1n) is 7.06. The van der Waals surface area contributed by atoms with Crippen LogP contribution in [0.5, 0.6) is 11.5 Å². The Morgan fingerprint density at radius 3 is 1.91 bits per heavy atom. The molecule has 0 bridgehead atoms. The molecule has 4 nitrogen and oxygen atoms in total. The van der Waals surface area contributed by atoms with E-state index in [4.69, 9.17) is 14.2 Å². The fourth-order valence-corrected chi connectivity index (χ4v) is 1.72. The second kappa shape index (κ2) is 8.52. The Kier molecular flexibility index (Phi) is 6.05. The predicted octanol–water partition coefficient (Wildman–Crippen LogP) is 3.59. The van der Waals surface area contributed by atoms with Gasteiger partial charge in [0.15, 0.2) is 0 Å². The van der Waals surface area contributed by atoms with Crippen LogP contribution in [0.4, 0.5) is 0 Å². The van der Waals surface area contributed by atoms with Crippen molar-refractivity contribution in [3.8, 4) is 11.5 Å². The molecule has 2 aromatic carbocycles. The highest BCUT2D eigenvalue weighted by Crippen LogP contribution is 2.16. The van der Waals surface area contributed by atoms with E-state index in [-0.39, 0.29) is 0 Å². The number of ether oxygens (including phenoxy) is 3. The van der Waals surface area contributed by atoms with Crippen LogP contribution in [0, 0.1) is 0 Å². The maximum Gasteiger partial charge on any atom is 0.330 e. The molecule has 0 N–H and O–H groups in total. The standard InChI is InChI=1S/C18H18O4/c1-2-20-17(19)13-14-18(21-15-9-5-3-6-10-15)22-16-11-7-4-8-12-16/h3-14,18H,2H2,1H3/b14-13+. The molecule has 0 fully saturated rings. The number of benzene rings is 2. The number of rotatable bonds is 7. The summed E-state index contributed by atoms with van der Waals surface area (Å²) in [5.74, 6) is 0.870. The second-order valence-electron chi connectivity index (χ2n) is 4.34. The third kappa shape index (κ3) is 5.32. The van der Waals surface area contributed by atoms with E-state index in [2.05, 4.69) is 0 Å². The van der Waals surface area contributed by atoms with E-state index in [0.717, 1.165) is 0 Å². The van der Waals surface area contributed by atoms with Crippen molar-refractivity contribution in [2.45, 2.75) is 13.2 Å². The quantitative estimate of drug-likeness (QED) is 0.445. The molecule has 0 saturated carbocycles. The minimum atomic E-state index is -0.728. The van der Waals surface area contributed by atoms with E-state index >= 15 is 0 Å². The summed E-state index contributed by atoms with van der Waals surface area (Å²) in [4.78, 5) is 11.4. The number of carbonyl (C=O) groups is 1. The van der Waals surface area contributed by atoms with Gasteiger partial charge in [0, 0.05) is 12.2 Å². The van der Waals surface area contributed by atoms with Gasteiger partial charge in [0.2, 0.25) is 0 Å². The molecular formula is C18H18O4. The minimum Gasteiger partial charge on any atom is -0.463 e. The summed E-state index contributed by atoms with van der Waals surface area (Å²) >= 11 is 0. The van der Waals surface area contributed by atoms with E-state index < -0.39 is 12.3 Å². The van der Waals surface area contributed by atoms with Crippen LogP contribution in [-0.2, 0) is 9.53 Å². The second-order valence-corrected chi connectivity index (χ2v) is 4.34. The van der Waals surface area contributed by atoms with Gasteiger partial charge in [0.25, 0.3) is 6.29 Å². The summed E-state index contributed by atoms with van der Waals surface area (Å²) in [6.45, 7) is 2.08. The van der Waals surface area contributed by atoms with Crippen LogP contribution in [0.25, 0.3) is 0 Å². The average molecular weight is 298 g/mol. The lowest BCUT2D eigenvalue weighted by Crippen LogP contribution is -2.22. The SMILES string of the molecule is CCOC(=O)/C=C/C(Oc1ccccc1)Oc1ccccc1. The molecule has 0 unspecified atom stereocenters. The van der Waals surface area contributed by atoms with Crippen LogP contribution in [0.1, 0.15) is 6.92 Å². The largest absolute Gasteiger partial charge is 0.463 e. The number of para-hydroxylation sites is 2. The molecule has 0 radical (unpaired) electrons. The molecule has 4 heteroatoms. The Balaban J connectivity index is 2.08. The summed E-state index contributed by atoms with van der Waals surface area (Å²) in [6, 6.07) is 18.5. The minimum absolute atomic E-state index is 0.326. The summed E-state index contributed by atoms with van der Waals surface area (Å²) < 4.78 is 16.3. The molecule has 0 atom stereocenters. The molecule has 0 aliphatic carbocycles. The number of esters is 1. The Bertz CT molecular complexity index is 551. The third-order valence-corrected chi connectivity index (χ3v) is 2.67. The number of hydrogen-bond donors (Lipinski definition) is 0. The van der Waals surface area contributed by atoms with Crippen LogP contribution >= 0.6 is 0 Å². The van der Waals surface area contributed by atoms with Gasteiger partial charge in [-0.1, -0.05) is 36.4 Å². The van der Waals surface area contributed by atoms with Crippen molar-refractivity contribution < 1.29 is 19.0 Å². The van der Waals surface area contributed by atoms with Crippen molar-refractivity contribution >= 4 is 5.97 Å². The Hall–Kier alpha value is -2.75. The zero-order valence-corrected chi connectivity index (χ0v) is 12.3. The van der Waals surface area contributed by atoms with E-state index in [1.165, 1.54) is 12.2 Å². The fourth-order valence-electron chi connectivity index (χ4n) is 1.72. The molecule has 22 heavy (non-hydrogen) atoms. The first-order valence-corrected chi connectivity index (χ1v) is 7.06. The van der Waals surface area contributed by atoms with Gasteiger partial charge in [-0.3, -0.25) is 0 Å². The molecule has 0 aliphatic heterocycles. The van der Waals surface area contributed by atoms with Crippen LogP contribution in [-0.4, -0.2) is 18.9 Å². The molecule has 2 rings (SSSR count). The van der Waals surface area contributed by atoms with Crippen LogP contribution in [0.15, 0.2) is 72.8 Å². The first kappa shape index (κ1) is 15.6. The van der Waals surface area contributed by atoms with E-state index in [9.17, 15) is 4.79 Å². The van der Waals surface area contributed by atoms with Crippen LogP contribution in [0.2, 0.25) is 0 Å². The smallest absolute Gasteiger partial charge is 0.330 e. The fraction of sp³-hybridized carbons (Fsp3) is 0.167. The zero-order valence-electron chi connectivity index (χ0n) is 12.3. The van der Waals surface area contributed by atoms with Gasteiger partial charge in [0.05, 0.1) is 6.61 Å². The lowest BCUT2D eigenvalue weighted by atomic mass is 10.3. The van der Waals surface area contributed by atoms with Gasteiger partial charge in [-0.15, -0.1) is 0 Å². The van der Waals surface area contributed by atoms with Gasteiger partial charge >= 0.3 is 5.97 Å². The maximum atomic E-state index is 11.4. The average Bonchev–Trinajstić information content (AvgIpc) is 2.55. The highest BCUT2D eigenvalue weighted by molar-refractivity contribution is 5.81. The topological polar surface area (TPSA) is 44.8 Å². The molecular weight excluding hydrogens is 280 g/mol. The molecule has 0 saturated heterocycles. The monoisotopic (exact) mass is 298 g/mol. The molecule has 0 spiro atoms. The van der Waals surface area contributed by atoms with Crippen molar-refractivity contribution in [1.29, 1.82) is 0 Å². The molecule has 2 aromatic rings. The van der Waals surface area contributed by atoms with Crippen LogP contribution in [0.3, 0.4) is 0 Å². The molecule has 0 amide bonds. The lowest BCUT2D eigenvalue weighted by Gasteiger charge is -2.17. The Morgan fingerprint density at radius 1 is 0.955 bits per heavy atom. The van der Waals surface area contributed by atoms with Crippen molar-refractivity contribution in [3.05, 3.63) is 72.8 Å². The predicted molar refractivity (Wildman–Crippen MR) is 83.7 cm³/mol. The maximum absolute atomic E-state index is 11.4. The Labute approximate surface area is 129 Å². The van der Waals surface area contributed by atoms with Crippen molar-refractivity contribution in [2.24, 2.45) is 0 Å². The van der Waals surface area contributed by atoms with Gasteiger partial charge in [0.1, 0.15) is 11.5 Å². The van der Waals surface area contributed by atoms with E-state index in [1.54, 1.807) is 6.92 Å². The van der Waals surface area contributed by atoms with E-state index in [0.29, 0.717) is 18.1 Å². The third-order valence-electron chi connectivity index (χ3n) is 2.67. The highest BCUT2D eigenvalue weighted by atomic mass is 16.7. The normalized spacial score (nSPS) is 10.6. The van der Waals surface area contributed by atoms with Crippen LogP contribution < -0.4 is 9.47 Å². The van der Waals surface area contributed by atoms with Gasteiger partial charge in [-0.25, -0.2) is 4.79 Å². The lowest BCUT2D eigenvalue weighted by molar-refractivity contribution is -0.137. The van der Waals surface area contributed by atoms with Crippen molar-refractivity contribution in [1.82, 2.24) is 0 Å². The zero-order chi connectivity index (χ0) is 15.6. The van der Waals surface area contributed by atoms with Crippen molar-refractivity contribution in [2.75, 3.05) is 6.61 Å². The van der Waals surface area contributed by atoms with Gasteiger partial charge in [-0.2, -0.15) is 0 Å². The van der Waals surface area contributed by atoms with Crippen molar-refractivity contribution in [3.63, 3.8) is 0 Å². The number of carbonyl (C=O) groups excluding carboxylic acids is 1. The van der Waals surface area contributed by atoms with E-state index in [1.807, 2.05) is 60.7 Å². The molecule has 114 valence electrons. The van der Waals surface area contributed by atoms with Gasteiger partial charge in [-0.05, 0) is 31.2 Å². The molecule has 0 aliphatic rings. The molecule has 0 aromatic heterocycles.